The van der Waals surface area contributed by atoms with Gasteiger partial charge < -0.3 is 13.8 Å². The van der Waals surface area contributed by atoms with Crippen LogP contribution in [0.5, 0.6) is 0 Å². The van der Waals surface area contributed by atoms with Crippen molar-refractivity contribution in [1.82, 2.24) is 10.1 Å². The van der Waals surface area contributed by atoms with E-state index in [0.29, 0.717) is 17.1 Å². The Morgan fingerprint density at radius 2 is 2.09 bits per heavy atom. The van der Waals surface area contributed by atoms with Crippen molar-refractivity contribution in [2.45, 2.75) is 6.61 Å². The van der Waals surface area contributed by atoms with Crippen molar-refractivity contribution in [1.29, 1.82) is 0 Å². The molecule has 0 aliphatic heterocycles. The second-order valence-electron chi connectivity index (χ2n) is 4.28. The summed E-state index contributed by atoms with van der Waals surface area (Å²) in [5.74, 6) is 1.29. The number of hydrogen-bond donors (Lipinski definition) is 0. The summed E-state index contributed by atoms with van der Waals surface area (Å²) in [4.78, 5) is 19.8. The fourth-order valence-corrected chi connectivity index (χ4v) is 1.69. The van der Waals surface area contributed by atoms with Crippen LogP contribution in [0.25, 0.3) is 11.4 Å². The van der Waals surface area contributed by atoms with Crippen molar-refractivity contribution in [3.05, 3.63) is 59.9 Å². The van der Waals surface area contributed by atoms with E-state index in [2.05, 4.69) is 15.3 Å². The molecular formula is C15H11N3O4. The highest BCUT2D eigenvalue weighted by Gasteiger charge is 2.07. The maximum atomic E-state index is 10.6. The van der Waals surface area contributed by atoms with Gasteiger partial charge in [0.25, 0.3) is 5.89 Å². The van der Waals surface area contributed by atoms with Crippen LogP contribution in [0.3, 0.4) is 0 Å². The van der Waals surface area contributed by atoms with Crippen LogP contribution in [-0.2, 0) is 11.4 Å². The molecule has 0 radical (unpaired) electrons. The number of oxime groups is 1. The van der Waals surface area contributed by atoms with E-state index >= 15 is 0 Å². The number of aldehydes is 1. The Balaban J connectivity index is 1.61. The summed E-state index contributed by atoms with van der Waals surface area (Å²) in [5, 5.41) is 7.55. The standard InChI is InChI=1S/C15H11N3O4/c19-9-11-3-5-12(6-4-11)15-17-14(22-18-15)8-16-21-10-13-2-1-7-20-13/h1-9H,10H2. The van der Waals surface area contributed by atoms with Crippen LogP contribution in [0.2, 0.25) is 0 Å². The number of nitrogens with zero attached hydrogens (tertiary/aromatic N) is 3. The second-order valence-corrected chi connectivity index (χ2v) is 4.28. The third-order valence-electron chi connectivity index (χ3n) is 2.77. The van der Waals surface area contributed by atoms with Gasteiger partial charge in [-0.2, -0.15) is 4.98 Å². The zero-order valence-corrected chi connectivity index (χ0v) is 11.4. The molecule has 1 aromatic carbocycles. The minimum Gasteiger partial charge on any atom is -0.466 e. The summed E-state index contributed by atoms with van der Waals surface area (Å²) in [5.41, 5.74) is 1.32. The summed E-state index contributed by atoms with van der Waals surface area (Å²) >= 11 is 0. The number of hydrogen-bond acceptors (Lipinski definition) is 7. The molecule has 0 aliphatic carbocycles. The number of rotatable bonds is 6. The Hall–Kier alpha value is -3.22. The zero-order valence-electron chi connectivity index (χ0n) is 11.4. The molecule has 2 aromatic heterocycles. The molecule has 0 amide bonds. The van der Waals surface area contributed by atoms with Crippen molar-refractivity contribution in [2.24, 2.45) is 5.16 Å². The minimum absolute atomic E-state index is 0.217. The van der Waals surface area contributed by atoms with Gasteiger partial charge in [0.2, 0.25) is 5.82 Å². The van der Waals surface area contributed by atoms with Crippen LogP contribution in [0.15, 0.2) is 56.8 Å². The number of carbonyl (C=O) groups excluding carboxylic acids is 1. The van der Waals surface area contributed by atoms with E-state index < -0.39 is 0 Å². The molecule has 0 fully saturated rings. The lowest BCUT2D eigenvalue weighted by Crippen LogP contribution is -1.87. The largest absolute Gasteiger partial charge is 0.466 e. The summed E-state index contributed by atoms with van der Waals surface area (Å²) in [6.07, 6.45) is 3.65. The molecule has 0 aliphatic rings. The maximum absolute atomic E-state index is 10.6. The fourth-order valence-electron chi connectivity index (χ4n) is 1.69. The van der Waals surface area contributed by atoms with E-state index in [-0.39, 0.29) is 12.5 Å². The van der Waals surface area contributed by atoms with Crippen molar-refractivity contribution < 1.29 is 18.6 Å². The first-order valence-corrected chi connectivity index (χ1v) is 6.42. The topological polar surface area (TPSA) is 90.7 Å². The first-order chi connectivity index (χ1) is 10.8. The van der Waals surface area contributed by atoms with Gasteiger partial charge in [0, 0.05) is 11.1 Å². The number of furan rings is 1. The van der Waals surface area contributed by atoms with Gasteiger partial charge in [0.1, 0.15) is 18.3 Å². The predicted molar refractivity (Wildman–Crippen MR) is 76.2 cm³/mol. The van der Waals surface area contributed by atoms with Gasteiger partial charge in [-0.15, -0.1) is 0 Å². The number of benzene rings is 1. The smallest absolute Gasteiger partial charge is 0.272 e. The van der Waals surface area contributed by atoms with E-state index in [1.54, 1.807) is 42.7 Å². The molecule has 110 valence electrons. The molecule has 0 saturated carbocycles. The minimum atomic E-state index is 0.217. The normalized spacial score (nSPS) is 10.9. The summed E-state index contributed by atoms with van der Waals surface area (Å²) in [7, 11) is 0. The van der Waals surface area contributed by atoms with Crippen LogP contribution in [0.1, 0.15) is 22.0 Å². The van der Waals surface area contributed by atoms with Crippen LogP contribution < -0.4 is 0 Å². The van der Waals surface area contributed by atoms with Gasteiger partial charge in [-0.05, 0) is 12.1 Å². The predicted octanol–water partition coefficient (Wildman–Crippen LogP) is 2.69. The van der Waals surface area contributed by atoms with Crippen LogP contribution >= 0.6 is 0 Å². The SMILES string of the molecule is O=Cc1ccc(-c2noc(C=NOCc3ccco3)n2)cc1. The van der Waals surface area contributed by atoms with Crippen molar-refractivity contribution in [2.75, 3.05) is 0 Å². The molecule has 0 saturated heterocycles. The highest BCUT2D eigenvalue weighted by molar-refractivity contribution is 5.76. The Labute approximate surface area is 125 Å². The quantitative estimate of drug-likeness (QED) is 0.394. The van der Waals surface area contributed by atoms with Crippen LogP contribution in [0, 0.1) is 0 Å². The molecule has 22 heavy (non-hydrogen) atoms. The monoisotopic (exact) mass is 297 g/mol. The lowest BCUT2D eigenvalue weighted by atomic mass is 10.1. The van der Waals surface area contributed by atoms with Gasteiger partial charge in [-0.1, -0.05) is 34.6 Å². The summed E-state index contributed by atoms with van der Waals surface area (Å²) < 4.78 is 10.1. The second kappa shape index (κ2) is 6.49. The van der Waals surface area contributed by atoms with Gasteiger partial charge in [0.15, 0.2) is 6.61 Å². The van der Waals surface area contributed by atoms with Gasteiger partial charge in [-0.3, -0.25) is 4.79 Å². The third-order valence-corrected chi connectivity index (χ3v) is 2.77. The zero-order chi connectivity index (χ0) is 15.2. The molecule has 2 heterocycles. The van der Waals surface area contributed by atoms with E-state index in [9.17, 15) is 4.79 Å². The molecule has 0 atom stereocenters. The lowest BCUT2D eigenvalue weighted by Gasteiger charge is -1.93. The highest BCUT2D eigenvalue weighted by Crippen LogP contribution is 2.15. The van der Waals surface area contributed by atoms with Gasteiger partial charge in [-0.25, -0.2) is 0 Å². The first-order valence-electron chi connectivity index (χ1n) is 6.42. The molecule has 0 bridgehead atoms. The number of aromatic nitrogens is 2. The van der Waals surface area contributed by atoms with Crippen LogP contribution in [0.4, 0.5) is 0 Å². The van der Waals surface area contributed by atoms with Gasteiger partial charge >= 0.3 is 0 Å². The third kappa shape index (κ3) is 3.26. The average molecular weight is 297 g/mol. The molecule has 0 spiro atoms. The van der Waals surface area contributed by atoms with E-state index in [4.69, 9.17) is 13.8 Å². The number of carbonyl (C=O) groups is 1. The highest BCUT2D eigenvalue weighted by atomic mass is 16.6. The average Bonchev–Trinajstić information content (AvgIpc) is 3.23. The maximum Gasteiger partial charge on any atom is 0.272 e. The molecule has 7 nitrogen and oxygen atoms in total. The molecule has 3 aromatic rings. The lowest BCUT2D eigenvalue weighted by molar-refractivity contribution is 0.112. The molecule has 3 rings (SSSR count). The van der Waals surface area contributed by atoms with E-state index in [1.807, 2.05) is 0 Å². The molecule has 0 N–H and O–H groups in total. The van der Waals surface area contributed by atoms with Crippen molar-refractivity contribution in [3.8, 4) is 11.4 Å². The van der Waals surface area contributed by atoms with Crippen molar-refractivity contribution in [3.63, 3.8) is 0 Å². The Kier molecular flexibility index (Phi) is 4.05. The molecule has 0 unspecified atom stereocenters. The van der Waals surface area contributed by atoms with Crippen LogP contribution in [-0.4, -0.2) is 22.6 Å². The van der Waals surface area contributed by atoms with Crippen molar-refractivity contribution >= 4 is 12.5 Å². The summed E-state index contributed by atoms with van der Waals surface area (Å²) in [6, 6.07) is 10.4. The molecule has 7 heteroatoms. The Morgan fingerprint density at radius 3 is 2.82 bits per heavy atom. The van der Waals surface area contributed by atoms with E-state index in [1.165, 1.54) is 6.21 Å². The van der Waals surface area contributed by atoms with Gasteiger partial charge in [0.05, 0.1) is 6.26 Å². The fraction of sp³-hybridized carbons (Fsp3) is 0.0667. The Morgan fingerprint density at radius 1 is 1.23 bits per heavy atom. The summed E-state index contributed by atoms with van der Waals surface area (Å²) in [6.45, 7) is 0.220. The Bertz CT molecular complexity index is 760. The molecular weight excluding hydrogens is 286 g/mol. The first kappa shape index (κ1) is 13.7. The van der Waals surface area contributed by atoms with E-state index in [0.717, 1.165) is 11.8 Å².